The number of rotatable bonds is 4. The van der Waals surface area contributed by atoms with Gasteiger partial charge in [-0.1, -0.05) is 0 Å². The number of hydrogen-bond donors (Lipinski definition) is 2. The number of halogens is 1. The van der Waals surface area contributed by atoms with E-state index in [9.17, 15) is 4.79 Å². The molecule has 1 aromatic carbocycles. The van der Waals surface area contributed by atoms with Gasteiger partial charge < -0.3 is 14.8 Å². The van der Waals surface area contributed by atoms with Gasteiger partial charge in [0.05, 0.1) is 24.8 Å². The van der Waals surface area contributed by atoms with Gasteiger partial charge in [-0.2, -0.15) is 0 Å². The van der Waals surface area contributed by atoms with E-state index < -0.39 is 17.3 Å². The molecule has 1 amide bonds. The van der Waals surface area contributed by atoms with Crippen LogP contribution in [0.5, 0.6) is 11.6 Å². The Labute approximate surface area is 172 Å². The van der Waals surface area contributed by atoms with Crippen LogP contribution in [-0.2, 0) is 15.1 Å². The van der Waals surface area contributed by atoms with Crippen molar-refractivity contribution < 1.29 is 18.7 Å². The molecule has 5 rings (SSSR count). The average Bonchev–Trinajstić information content (AvgIpc) is 3.59. The van der Waals surface area contributed by atoms with E-state index in [2.05, 4.69) is 15.3 Å². The third-order valence-electron chi connectivity index (χ3n) is 6.22. The van der Waals surface area contributed by atoms with E-state index in [1.54, 1.807) is 13.1 Å². The van der Waals surface area contributed by atoms with E-state index >= 15 is 4.39 Å². The van der Waals surface area contributed by atoms with Crippen LogP contribution >= 0.6 is 0 Å². The molecule has 3 heterocycles. The molecule has 3 fully saturated rings. The molecule has 3 aliphatic rings. The summed E-state index contributed by atoms with van der Waals surface area (Å²) >= 11 is 0. The molecule has 1 aromatic heterocycles. The summed E-state index contributed by atoms with van der Waals surface area (Å²) in [5.74, 6) is -0.216. The summed E-state index contributed by atoms with van der Waals surface area (Å²) in [6, 6.07) is 4.35. The number of hydrogen-bond acceptors (Lipinski definition) is 6. The molecule has 30 heavy (non-hydrogen) atoms. The molecule has 1 aliphatic carbocycles. The molecule has 2 aliphatic heterocycles. The van der Waals surface area contributed by atoms with E-state index in [-0.39, 0.29) is 36.0 Å². The number of benzene rings is 1. The van der Waals surface area contributed by atoms with Crippen molar-refractivity contribution in [2.45, 2.75) is 30.9 Å². The van der Waals surface area contributed by atoms with Crippen LogP contribution in [0.2, 0.25) is 0 Å². The molecule has 0 bridgehead atoms. The average molecular weight is 411 g/mol. The zero-order valence-corrected chi connectivity index (χ0v) is 16.5. The lowest BCUT2D eigenvalue weighted by Gasteiger charge is -2.51. The van der Waals surface area contributed by atoms with E-state index in [0.29, 0.717) is 18.1 Å². The van der Waals surface area contributed by atoms with Crippen LogP contribution in [0.4, 0.5) is 4.39 Å². The van der Waals surface area contributed by atoms with Gasteiger partial charge >= 0.3 is 0 Å². The van der Waals surface area contributed by atoms with Crippen molar-refractivity contribution >= 4 is 11.9 Å². The molecule has 0 radical (unpaired) electrons. The number of carbonyl (C=O) groups is 1. The molecule has 9 heteroatoms. The van der Waals surface area contributed by atoms with Crippen molar-refractivity contribution in [2.75, 3.05) is 13.7 Å². The Balaban J connectivity index is 1.54. The standard InChI is InChI=1S/C21H22FN5O3/c1-27-19(28)15-9-17(12-2-3-12)29-11-21(15,26-20(27)23)14-8-13(4-5-16(14)22)30-18-10-24-6-7-25-18/h4-8,10,12,15,17H,2-3,9,11H2,1H3,(H2,23,26)/t15-,17+,21+/m0/s1. The van der Waals surface area contributed by atoms with Crippen LogP contribution in [0.3, 0.4) is 0 Å². The summed E-state index contributed by atoms with van der Waals surface area (Å²) in [4.78, 5) is 22.5. The van der Waals surface area contributed by atoms with Crippen molar-refractivity contribution in [1.29, 1.82) is 5.41 Å². The lowest BCUT2D eigenvalue weighted by molar-refractivity contribution is -0.150. The third kappa shape index (κ3) is 3.09. The van der Waals surface area contributed by atoms with Crippen LogP contribution < -0.4 is 10.1 Å². The highest BCUT2D eigenvalue weighted by molar-refractivity contribution is 6.00. The summed E-state index contributed by atoms with van der Waals surface area (Å²) < 4.78 is 26.9. The summed E-state index contributed by atoms with van der Waals surface area (Å²) in [6.45, 7) is 0.103. The Bertz CT molecular complexity index is 999. The van der Waals surface area contributed by atoms with E-state index in [4.69, 9.17) is 14.9 Å². The maximum atomic E-state index is 15.1. The van der Waals surface area contributed by atoms with Crippen molar-refractivity contribution in [1.82, 2.24) is 20.2 Å². The van der Waals surface area contributed by atoms with Gasteiger partial charge in [-0.3, -0.25) is 20.1 Å². The highest BCUT2D eigenvalue weighted by atomic mass is 19.1. The normalized spacial score (nSPS) is 28.7. The predicted octanol–water partition coefficient (Wildman–Crippen LogP) is 2.41. The summed E-state index contributed by atoms with van der Waals surface area (Å²) in [7, 11) is 1.56. The second kappa shape index (κ2) is 7.02. The van der Waals surface area contributed by atoms with Gasteiger partial charge in [0.1, 0.15) is 17.1 Å². The van der Waals surface area contributed by atoms with E-state index in [0.717, 1.165) is 12.8 Å². The van der Waals surface area contributed by atoms with Gasteiger partial charge in [0, 0.05) is 25.0 Å². The molecule has 0 unspecified atom stereocenters. The number of fused-ring (bicyclic) bond motifs is 1. The van der Waals surface area contributed by atoms with Crippen molar-refractivity contribution in [3.05, 3.63) is 48.2 Å². The van der Waals surface area contributed by atoms with Gasteiger partial charge in [-0.05, 0) is 43.4 Å². The number of aromatic nitrogens is 2. The predicted molar refractivity (Wildman–Crippen MR) is 104 cm³/mol. The van der Waals surface area contributed by atoms with E-state index in [1.165, 1.54) is 35.6 Å². The fraction of sp³-hybridized carbons (Fsp3) is 0.429. The maximum Gasteiger partial charge on any atom is 0.237 e. The first-order valence-electron chi connectivity index (χ1n) is 9.98. The Morgan fingerprint density at radius 3 is 2.93 bits per heavy atom. The summed E-state index contributed by atoms with van der Waals surface area (Å²) in [5, 5.41) is 11.3. The molecular weight excluding hydrogens is 389 g/mol. The van der Waals surface area contributed by atoms with Gasteiger partial charge in [0.2, 0.25) is 11.8 Å². The van der Waals surface area contributed by atoms with Crippen LogP contribution in [0, 0.1) is 23.1 Å². The number of nitrogens with one attached hydrogen (secondary N) is 2. The SMILES string of the molecule is CN1C(=N)N[C@@]2(c3cc(Oc4cnccn4)ccc3F)CO[C@@H](C3CC3)C[C@H]2C1=O. The molecule has 8 nitrogen and oxygen atoms in total. The molecule has 2 saturated heterocycles. The largest absolute Gasteiger partial charge is 0.437 e. The molecular formula is C21H22FN5O3. The van der Waals surface area contributed by atoms with Gasteiger partial charge in [-0.25, -0.2) is 9.37 Å². The minimum absolute atomic E-state index is 0.0170. The first-order chi connectivity index (χ1) is 14.5. The number of carbonyl (C=O) groups excluding carboxylic acids is 1. The fourth-order valence-electron chi connectivity index (χ4n) is 4.41. The number of nitrogens with zero attached hydrogens (tertiary/aromatic N) is 3. The fourth-order valence-corrected chi connectivity index (χ4v) is 4.41. The summed E-state index contributed by atoms with van der Waals surface area (Å²) in [6.07, 6.45) is 7.14. The molecule has 2 aromatic rings. The highest BCUT2D eigenvalue weighted by Crippen LogP contribution is 2.48. The molecule has 2 N–H and O–H groups in total. The zero-order valence-electron chi connectivity index (χ0n) is 16.5. The second-order valence-corrected chi connectivity index (χ2v) is 8.10. The van der Waals surface area contributed by atoms with Crippen LogP contribution in [-0.4, -0.2) is 46.5 Å². The first kappa shape index (κ1) is 18.9. The number of ether oxygens (including phenoxy) is 2. The lowest BCUT2D eigenvalue weighted by atomic mass is 9.71. The monoisotopic (exact) mass is 411 g/mol. The Kier molecular flexibility index (Phi) is 4.43. The first-order valence-corrected chi connectivity index (χ1v) is 9.98. The zero-order chi connectivity index (χ0) is 20.9. The van der Waals surface area contributed by atoms with Crippen molar-refractivity contribution in [3.63, 3.8) is 0 Å². The second-order valence-electron chi connectivity index (χ2n) is 8.10. The van der Waals surface area contributed by atoms with E-state index in [1.807, 2.05) is 0 Å². The smallest absolute Gasteiger partial charge is 0.237 e. The van der Waals surface area contributed by atoms with Crippen LogP contribution in [0.15, 0.2) is 36.8 Å². The minimum atomic E-state index is -1.17. The lowest BCUT2D eigenvalue weighted by Crippen LogP contribution is -2.69. The Morgan fingerprint density at radius 1 is 1.37 bits per heavy atom. The Hall–Kier alpha value is -3.07. The van der Waals surface area contributed by atoms with Crippen LogP contribution in [0.25, 0.3) is 0 Å². The van der Waals surface area contributed by atoms with Gasteiger partial charge in [0.25, 0.3) is 0 Å². The molecule has 0 spiro atoms. The van der Waals surface area contributed by atoms with Gasteiger partial charge in [0.15, 0.2) is 5.96 Å². The minimum Gasteiger partial charge on any atom is -0.437 e. The highest BCUT2D eigenvalue weighted by Gasteiger charge is 2.56. The molecule has 3 atom stereocenters. The maximum absolute atomic E-state index is 15.1. The topological polar surface area (TPSA) is 100 Å². The van der Waals surface area contributed by atoms with Crippen LogP contribution in [0.1, 0.15) is 24.8 Å². The van der Waals surface area contributed by atoms with Gasteiger partial charge in [-0.15, -0.1) is 0 Å². The number of amides is 1. The Morgan fingerprint density at radius 2 is 2.20 bits per heavy atom. The van der Waals surface area contributed by atoms with Crippen molar-refractivity contribution in [2.24, 2.45) is 11.8 Å². The summed E-state index contributed by atoms with van der Waals surface area (Å²) in [5.41, 5.74) is -0.924. The quantitative estimate of drug-likeness (QED) is 0.802. The third-order valence-corrected chi connectivity index (χ3v) is 6.22. The molecule has 1 saturated carbocycles. The van der Waals surface area contributed by atoms with Crippen molar-refractivity contribution in [3.8, 4) is 11.6 Å². The molecule has 156 valence electrons. The number of guanidine groups is 1.